The summed E-state index contributed by atoms with van der Waals surface area (Å²) in [5, 5.41) is 3.74. The lowest BCUT2D eigenvalue weighted by Gasteiger charge is -2.24. The molecule has 2 rings (SSSR count). The van der Waals surface area contributed by atoms with Gasteiger partial charge in [0.05, 0.1) is 7.11 Å². The third-order valence-electron chi connectivity index (χ3n) is 4.30. The number of hydrogen-bond donors (Lipinski definition) is 1. The summed E-state index contributed by atoms with van der Waals surface area (Å²) >= 11 is 0. The largest absolute Gasteiger partial charge is 0.497 e. The molecule has 1 aliphatic carbocycles. The first-order valence-corrected chi connectivity index (χ1v) is 8.38. The van der Waals surface area contributed by atoms with Crippen LogP contribution in [0.25, 0.3) is 0 Å². The highest BCUT2D eigenvalue weighted by atomic mass is 16.5. The van der Waals surface area contributed by atoms with E-state index in [-0.39, 0.29) is 0 Å². The Morgan fingerprint density at radius 1 is 1.19 bits per heavy atom. The molecule has 1 aromatic carbocycles. The van der Waals surface area contributed by atoms with E-state index < -0.39 is 0 Å². The molecule has 0 saturated heterocycles. The number of allylic oxidation sites excluding steroid dienone is 1. The Labute approximate surface area is 129 Å². The summed E-state index contributed by atoms with van der Waals surface area (Å²) in [6.07, 6.45) is 11.3. The molecule has 21 heavy (non-hydrogen) atoms. The van der Waals surface area contributed by atoms with E-state index >= 15 is 0 Å². The quantitative estimate of drug-likeness (QED) is 0.711. The molecule has 0 heterocycles. The first-order chi connectivity index (χ1) is 10.3. The van der Waals surface area contributed by atoms with Crippen molar-refractivity contribution in [2.24, 2.45) is 0 Å². The van der Waals surface area contributed by atoms with Crippen LogP contribution in [-0.4, -0.2) is 19.7 Å². The van der Waals surface area contributed by atoms with E-state index in [0.717, 1.165) is 18.7 Å². The number of rotatable bonds is 8. The number of methoxy groups -OCH3 is 1. The van der Waals surface area contributed by atoms with Gasteiger partial charge in [-0.05, 0) is 69.2 Å². The topological polar surface area (TPSA) is 21.3 Å². The summed E-state index contributed by atoms with van der Waals surface area (Å²) in [4.78, 5) is 0. The van der Waals surface area contributed by atoms with Crippen molar-refractivity contribution in [3.63, 3.8) is 0 Å². The lowest BCUT2D eigenvalue weighted by atomic mass is 9.90. The fourth-order valence-corrected chi connectivity index (χ4v) is 3.02. The summed E-state index contributed by atoms with van der Waals surface area (Å²) in [5.41, 5.74) is 3.04. The van der Waals surface area contributed by atoms with Gasteiger partial charge in [-0.2, -0.15) is 0 Å². The summed E-state index contributed by atoms with van der Waals surface area (Å²) < 4.78 is 5.22. The smallest absolute Gasteiger partial charge is 0.118 e. The predicted molar refractivity (Wildman–Crippen MR) is 89.9 cm³/mol. The molecule has 0 radical (unpaired) electrons. The number of benzene rings is 1. The van der Waals surface area contributed by atoms with Crippen molar-refractivity contribution < 1.29 is 4.74 Å². The number of nitrogens with one attached hydrogen (secondary N) is 1. The molecule has 0 bridgehead atoms. The predicted octanol–water partition coefficient (Wildman–Crippen LogP) is 4.50. The Kier molecular flexibility index (Phi) is 6.81. The molecule has 2 nitrogen and oxygen atoms in total. The van der Waals surface area contributed by atoms with E-state index in [1.165, 1.54) is 44.1 Å². The minimum atomic E-state index is 0.562. The van der Waals surface area contributed by atoms with E-state index in [0.29, 0.717) is 6.04 Å². The van der Waals surface area contributed by atoms with Crippen LogP contribution < -0.4 is 10.1 Å². The van der Waals surface area contributed by atoms with E-state index in [4.69, 9.17) is 4.74 Å². The van der Waals surface area contributed by atoms with Gasteiger partial charge in [-0.25, -0.2) is 0 Å². The summed E-state index contributed by atoms with van der Waals surface area (Å²) in [5.74, 6) is 0.939. The minimum Gasteiger partial charge on any atom is -0.497 e. The second-order valence-electron chi connectivity index (χ2n) is 5.92. The van der Waals surface area contributed by atoms with Crippen LogP contribution in [0.15, 0.2) is 35.9 Å². The molecule has 1 aliphatic rings. The first-order valence-electron chi connectivity index (χ1n) is 8.38. The Morgan fingerprint density at radius 3 is 2.62 bits per heavy atom. The highest BCUT2D eigenvalue weighted by Gasteiger charge is 2.15. The Morgan fingerprint density at radius 2 is 2.00 bits per heavy atom. The summed E-state index contributed by atoms with van der Waals surface area (Å²) in [6, 6.07) is 9.05. The molecule has 0 fully saturated rings. The number of ether oxygens (including phenoxy) is 1. The van der Waals surface area contributed by atoms with Crippen molar-refractivity contribution in [2.75, 3.05) is 13.7 Å². The average Bonchev–Trinajstić information content (AvgIpc) is 2.56. The van der Waals surface area contributed by atoms with Crippen molar-refractivity contribution in [3.05, 3.63) is 41.5 Å². The van der Waals surface area contributed by atoms with Crippen LogP contribution in [-0.2, 0) is 6.42 Å². The monoisotopic (exact) mass is 287 g/mol. The highest BCUT2D eigenvalue weighted by Crippen LogP contribution is 2.23. The van der Waals surface area contributed by atoms with Crippen molar-refractivity contribution >= 4 is 0 Å². The van der Waals surface area contributed by atoms with Crippen LogP contribution in [0, 0.1) is 0 Å². The van der Waals surface area contributed by atoms with Gasteiger partial charge < -0.3 is 10.1 Å². The van der Waals surface area contributed by atoms with Gasteiger partial charge in [0, 0.05) is 6.04 Å². The Hall–Kier alpha value is -1.28. The lowest BCUT2D eigenvalue weighted by molar-refractivity contribution is 0.414. The van der Waals surface area contributed by atoms with E-state index in [9.17, 15) is 0 Å². The third kappa shape index (κ3) is 5.20. The van der Waals surface area contributed by atoms with Crippen LogP contribution in [0.4, 0.5) is 0 Å². The maximum Gasteiger partial charge on any atom is 0.118 e. The van der Waals surface area contributed by atoms with Gasteiger partial charge in [-0.15, -0.1) is 0 Å². The zero-order valence-electron chi connectivity index (χ0n) is 13.5. The number of aryl methyl sites for hydroxylation is 1. The molecule has 2 heteroatoms. The molecule has 1 N–H and O–H groups in total. The summed E-state index contributed by atoms with van der Waals surface area (Å²) in [6.45, 7) is 3.35. The van der Waals surface area contributed by atoms with Gasteiger partial charge in [0.1, 0.15) is 5.75 Å². The molecule has 1 atom stereocenters. The van der Waals surface area contributed by atoms with Gasteiger partial charge in [0.25, 0.3) is 0 Å². The van der Waals surface area contributed by atoms with Gasteiger partial charge in [-0.1, -0.05) is 30.7 Å². The maximum atomic E-state index is 5.22. The molecule has 0 spiro atoms. The van der Waals surface area contributed by atoms with Gasteiger partial charge in [0.2, 0.25) is 0 Å². The fraction of sp³-hybridized carbons (Fsp3) is 0.579. The van der Waals surface area contributed by atoms with E-state index in [2.05, 4.69) is 42.6 Å². The van der Waals surface area contributed by atoms with Crippen LogP contribution in [0.2, 0.25) is 0 Å². The standard InChI is InChI=1S/C19H29NO/c1-3-15-20-19(17-7-5-4-6-8-17)14-11-16-9-12-18(21-2)13-10-16/h7,9-10,12-13,19-20H,3-6,8,11,14-15H2,1-2H3. The van der Waals surface area contributed by atoms with Gasteiger partial charge in [0.15, 0.2) is 0 Å². The van der Waals surface area contributed by atoms with Crippen molar-refractivity contribution in [2.45, 2.75) is 57.9 Å². The molecule has 1 unspecified atom stereocenters. The average molecular weight is 287 g/mol. The third-order valence-corrected chi connectivity index (χ3v) is 4.30. The molecule has 0 aromatic heterocycles. The maximum absolute atomic E-state index is 5.22. The fourth-order valence-electron chi connectivity index (χ4n) is 3.02. The second kappa shape index (κ2) is 8.89. The van der Waals surface area contributed by atoms with Gasteiger partial charge >= 0.3 is 0 Å². The zero-order valence-corrected chi connectivity index (χ0v) is 13.5. The zero-order chi connectivity index (χ0) is 14.9. The molecular weight excluding hydrogens is 258 g/mol. The van der Waals surface area contributed by atoms with E-state index in [1.54, 1.807) is 12.7 Å². The Balaban J connectivity index is 1.92. The SMILES string of the molecule is CCCNC(CCc1ccc(OC)cc1)C1=CCCCC1. The molecule has 1 aromatic rings. The van der Waals surface area contributed by atoms with Crippen molar-refractivity contribution in [1.29, 1.82) is 0 Å². The minimum absolute atomic E-state index is 0.562. The van der Waals surface area contributed by atoms with Crippen LogP contribution in [0.5, 0.6) is 5.75 Å². The molecule has 0 amide bonds. The highest BCUT2D eigenvalue weighted by molar-refractivity contribution is 5.27. The van der Waals surface area contributed by atoms with Crippen molar-refractivity contribution in [3.8, 4) is 5.75 Å². The number of hydrogen-bond acceptors (Lipinski definition) is 2. The van der Waals surface area contributed by atoms with Crippen LogP contribution in [0.3, 0.4) is 0 Å². The van der Waals surface area contributed by atoms with Crippen LogP contribution in [0.1, 0.15) is 51.0 Å². The normalized spacial score (nSPS) is 16.4. The first kappa shape index (κ1) is 16.1. The molecule has 0 aliphatic heterocycles. The molecule has 0 saturated carbocycles. The van der Waals surface area contributed by atoms with Crippen molar-refractivity contribution in [1.82, 2.24) is 5.32 Å². The molecular formula is C19H29NO. The second-order valence-corrected chi connectivity index (χ2v) is 5.92. The molecule has 116 valence electrons. The van der Waals surface area contributed by atoms with Crippen LogP contribution >= 0.6 is 0 Å². The summed E-state index contributed by atoms with van der Waals surface area (Å²) in [7, 11) is 1.72. The Bertz CT molecular complexity index is 435. The van der Waals surface area contributed by atoms with E-state index in [1.807, 2.05) is 0 Å². The van der Waals surface area contributed by atoms with Gasteiger partial charge in [-0.3, -0.25) is 0 Å². The lowest BCUT2D eigenvalue weighted by Crippen LogP contribution is -2.32.